The van der Waals surface area contributed by atoms with Crippen LogP contribution in [0.3, 0.4) is 0 Å². The molecule has 2 unspecified atom stereocenters. The summed E-state index contributed by atoms with van der Waals surface area (Å²) < 4.78 is 0. The summed E-state index contributed by atoms with van der Waals surface area (Å²) in [6, 6.07) is 0. The lowest BCUT2D eigenvalue weighted by Gasteiger charge is -2.59. The van der Waals surface area contributed by atoms with E-state index in [9.17, 15) is 0 Å². The van der Waals surface area contributed by atoms with Gasteiger partial charge in [-0.25, -0.2) is 0 Å². The lowest BCUT2D eigenvalue weighted by Crippen LogP contribution is -2.48. The van der Waals surface area contributed by atoms with Crippen molar-refractivity contribution in [1.29, 1.82) is 0 Å². The number of rotatable bonds is 33. The summed E-state index contributed by atoms with van der Waals surface area (Å²) in [5.74, 6) is 0.731. The van der Waals surface area contributed by atoms with E-state index in [2.05, 4.69) is 62.3 Å². The van der Waals surface area contributed by atoms with Gasteiger partial charge in [-0.15, -0.1) is 0 Å². The third kappa shape index (κ3) is 14.6. The van der Waals surface area contributed by atoms with Crippen molar-refractivity contribution in [3.05, 3.63) is 22.3 Å². The first kappa shape index (κ1) is 45.5. The number of hydrogen-bond acceptors (Lipinski definition) is 0. The molecule has 1 aliphatic rings. The van der Waals surface area contributed by atoms with Gasteiger partial charge in [0.2, 0.25) is 0 Å². The first-order valence-corrected chi connectivity index (χ1v) is 22.8. The molecular weight excluding hydrogens is 577 g/mol. The summed E-state index contributed by atoms with van der Waals surface area (Å²) in [4.78, 5) is 0. The van der Waals surface area contributed by atoms with E-state index in [1.165, 1.54) is 205 Å². The zero-order valence-electron chi connectivity index (χ0n) is 35.2. The molecule has 0 N–H and O–H groups in total. The predicted octanol–water partition coefficient (Wildman–Crippen LogP) is 17.8. The van der Waals surface area contributed by atoms with Gasteiger partial charge in [0.05, 0.1) is 0 Å². The molecular formula is C48H92. The Morgan fingerprint density at radius 1 is 0.354 bits per heavy atom. The third-order valence-electron chi connectivity index (χ3n) is 12.6. The second-order valence-corrected chi connectivity index (χ2v) is 16.9. The summed E-state index contributed by atoms with van der Waals surface area (Å²) in [5.41, 5.74) is 8.62. The minimum Gasteiger partial charge on any atom is -0.0654 e. The molecule has 0 saturated heterocycles. The van der Waals surface area contributed by atoms with Crippen LogP contribution in [0, 0.1) is 16.7 Å². The van der Waals surface area contributed by atoms with Crippen LogP contribution in [0.5, 0.6) is 0 Å². The van der Waals surface area contributed by atoms with Crippen molar-refractivity contribution in [3.63, 3.8) is 0 Å². The fourth-order valence-corrected chi connectivity index (χ4v) is 10.1. The Balaban J connectivity index is 3.91. The van der Waals surface area contributed by atoms with Crippen LogP contribution >= 0.6 is 0 Å². The van der Waals surface area contributed by atoms with Crippen LogP contribution in [-0.4, -0.2) is 0 Å². The lowest BCUT2D eigenvalue weighted by molar-refractivity contribution is 0.0492. The Bertz CT molecular complexity index is 825. The second kappa shape index (κ2) is 28.1. The smallest absolute Gasteiger partial charge is 0.00114 e. The van der Waals surface area contributed by atoms with Crippen molar-refractivity contribution in [2.75, 3.05) is 0 Å². The molecule has 0 saturated carbocycles. The van der Waals surface area contributed by atoms with Gasteiger partial charge in [-0.1, -0.05) is 208 Å². The number of unbranched alkanes of at least 4 members (excludes halogenated alkanes) is 18. The molecule has 0 aromatic heterocycles. The first-order chi connectivity index (χ1) is 23.4. The van der Waals surface area contributed by atoms with Gasteiger partial charge >= 0.3 is 0 Å². The molecule has 0 bridgehead atoms. The summed E-state index contributed by atoms with van der Waals surface area (Å²) in [5, 5.41) is 0. The van der Waals surface area contributed by atoms with E-state index in [-0.39, 0.29) is 0 Å². The van der Waals surface area contributed by atoms with Crippen molar-refractivity contribution in [2.24, 2.45) is 16.7 Å². The maximum Gasteiger partial charge on any atom is 0.00114 e. The molecule has 48 heavy (non-hydrogen) atoms. The Labute approximate surface area is 306 Å². The Morgan fingerprint density at radius 3 is 1.23 bits per heavy atom. The van der Waals surface area contributed by atoms with Crippen LogP contribution in [0.4, 0.5) is 0 Å². The summed E-state index contributed by atoms with van der Waals surface area (Å²) in [6.45, 7) is 22.2. The van der Waals surface area contributed by atoms with Gasteiger partial charge < -0.3 is 0 Å². The largest absolute Gasteiger partial charge is 0.0654 e. The second-order valence-electron chi connectivity index (χ2n) is 16.9. The molecule has 1 rings (SSSR count). The quantitative estimate of drug-likeness (QED) is 0.0611. The van der Waals surface area contributed by atoms with Gasteiger partial charge in [-0.3, -0.25) is 0 Å². The lowest BCUT2D eigenvalue weighted by atomic mass is 9.45. The predicted molar refractivity (Wildman–Crippen MR) is 221 cm³/mol. The normalized spacial score (nSPS) is 20.1. The molecule has 0 nitrogen and oxygen atoms in total. The van der Waals surface area contributed by atoms with E-state index in [0.29, 0.717) is 10.8 Å². The van der Waals surface area contributed by atoms with Gasteiger partial charge in [0.15, 0.2) is 0 Å². The maximum atomic E-state index is 2.66. The van der Waals surface area contributed by atoms with E-state index >= 15 is 0 Å². The van der Waals surface area contributed by atoms with E-state index < -0.39 is 0 Å². The fraction of sp³-hybridized carbons (Fsp3) is 0.917. The summed E-state index contributed by atoms with van der Waals surface area (Å²) in [6.07, 6.45) is 44.9. The zero-order valence-corrected chi connectivity index (χ0v) is 35.2. The summed E-state index contributed by atoms with van der Waals surface area (Å²) in [7, 11) is 0. The van der Waals surface area contributed by atoms with E-state index in [4.69, 9.17) is 0 Å². The minimum absolute atomic E-state index is 0.367. The highest BCUT2D eigenvalue weighted by atomic mass is 14.6. The van der Waals surface area contributed by atoms with Crippen molar-refractivity contribution >= 4 is 0 Å². The molecule has 0 radical (unpaired) electrons. The third-order valence-corrected chi connectivity index (χ3v) is 12.6. The van der Waals surface area contributed by atoms with Crippen LogP contribution in [0.2, 0.25) is 0 Å². The van der Waals surface area contributed by atoms with Gasteiger partial charge in [0.1, 0.15) is 0 Å². The van der Waals surface area contributed by atoms with E-state index in [1.807, 2.05) is 22.3 Å². The van der Waals surface area contributed by atoms with Crippen LogP contribution in [0.25, 0.3) is 0 Å². The first-order valence-electron chi connectivity index (χ1n) is 22.8. The summed E-state index contributed by atoms with van der Waals surface area (Å²) >= 11 is 0. The molecule has 0 amide bonds. The zero-order chi connectivity index (χ0) is 35.5. The molecule has 0 heteroatoms. The Kier molecular flexibility index (Phi) is 26.6. The van der Waals surface area contributed by atoms with Gasteiger partial charge in [-0.2, -0.15) is 0 Å². The highest BCUT2D eigenvalue weighted by molar-refractivity contribution is 5.51. The van der Waals surface area contributed by atoms with Crippen LogP contribution < -0.4 is 0 Å². The molecule has 0 heterocycles. The molecule has 284 valence electrons. The fourth-order valence-electron chi connectivity index (χ4n) is 10.1. The highest BCUT2D eigenvalue weighted by Gasteiger charge is 2.55. The van der Waals surface area contributed by atoms with Gasteiger partial charge in [0, 0.05) is 10.8 Å². The van der Waals surface area contributed by atoms with E-state index in [1.54, 1.807) is 0 Å². The van der Waals surface area contributed by atoms with Crippen LogP contribution in [-0.2, 0) is 0 Å². The standard InChI is InChI=1S/C48H92/c1-10-17-22-25-27-28-30-34-40-48(38-15-6)46(36-21-14-5)44(41-42(8)9)43(35-31-20-13-4)45(37-32-24-19-12-3)47(48,16-7)39-33-29-26-23-18-11-2/h42H,10-41H2,1-9H3. The Morgan fingerprint density at radius 2 is 0.750 bits per heavy atom. The van der Waals surface area contributed by atoms with E-state index in [0.717, 1.165) is 5.92 Å². The number of hydrogen-bond donors (Lipinski definition) is 0. The molecule has 0 aromatic rings. The SMILES string of the molecule is CCCCCCCCCCC1(CCC)C(CCCC)=C(CC(C)C)C(CCCCC)=C(CCCCCC)C1(CC)CCCCCCCC. The molecule has 0 aromatic carbocycles. The van der Waals surface area contributed by atoms with Gasteiger partial charge in [-0.05, 0) is 87.7 Å². The molecule has 2 atom stereocenters. The average Bonchev–Trinajstić information content (AvgIpc) is 3.07. The topological polar surface area (TPSA) is 0 Å². The minimum atomic E-state index is 0.367. The van der Waals surface area contributed by atoms with Crippen molar-refractivity contribution in [2.45, 2.75) is 268 Å². The van der Waals surface area contributed by atoms with Crippen molar-refractivity contribution < 1.29 is 0 Å². The van der Waals surface area contributed by atoms with Crippen molar-refractivity contribution in [1.82, 2.24) is 0 Å². The molecule has 0 spiro atoms. The Hall–Kier alpha value is -0.520. The van der Waals surface area contributed by atoms with Crippen molar-refractivity contribution in [3.8, 4) is 0 Å². The van der Waals surface area contributed by atoms with Crippen LogP contribution in [0.1, 0.15) is 268 Å². The van der Waals surface area contributed by atoms with Crippen LogP contribution in [0.15, 0.2) is 22.3 Å². The highest BCUT2D eigenvalue weighted by Crippen LogP contribution is 2.67. The monoisotopic (exact) mass is 669 g/mol. The van der Waals surface area contributed by atoms with Gasteiger partial charge in [0.25, 0.3) is 0 Å². The number of allylic oxidation sites excluding steroid dienone is 4. The molecule has 0 aliphatic heterocycles. The maximum absolute atomic E-state index is 2.66. The molecule has 1 aliphatic carbocycles. The average molecular weight is 669 g/mol. The molecule has 0 fully saturated rings.